The zero-order chi connectivity index (χ0) is 13.8. The van der Waals surface area contributed by atoms with E-state index in [4.69, 9.17) is 23.2 Å². The Balaban J connectivity index is 2.33. The van der Waals surface area contributed by atoms with Gasteiger partial charge in [0.05, 0.1) is 10.7 Å². The molecule has 4 heteroatoms. The van der Waals surface area contributed by atoms with Crippen molar-refractivity contribution in [2.75, 3.05) is 11.9 Å². The van der Waals surface area contributed by atoms with Crippen LogP contribution in [0.3, 0.4) is 0 Å². The van der Waals surface area contributed by atoms with Crippen LogP contribution in [-0.2, 0) is 6.54 Å². The molecule has 0 unspecified atom stereocenters. The minimum atomic E-state index is 0.555. The molecule has 0 bridgehead atoms. The normalized spacial score (nSPS) is 10.3. The standard InChI is InChI=1S/C15H13Cl2NO/c1-18(9-11-5-2-3-7-13(11)16)15-12(10-19)6-4-8-14(15)17/h2-8,10H,9H2,1H3. The number of aldehydes is 1. The monoisotopic (exact) mass is 293 g/mol. The molecule has 0 amide bonds. The molecule has 2 rings (SSSR count). The first-order chi connectivity index (χ1) is 9.13. The van der Waals surface area contributed by atoms with Gasteiger partial charge in [-0.25, -0.2) is 0 Å². The highest BCUT2D eigenvalue weighted by Crippen LogP contribution is 2.30. The van der Waals surface area contributed by atoms with Crippen LogP contribution in [-0.4, -0.2) is 13.3 Å². The maximum atomic E-state index is 11.1. The van der Waals surface area contributed by atoms with Crippen molar-refractivity contribution in [3.8, 4) is 0 Å². The summed E-state index contributed by atoms with van der Waals surface area (Å²) in [7, 11) is 1.89. The van der Waals surface area contributed by atoms with Crippen LogP contribution >= 0.6 is 23.2 Å². The molecule has 0 saturated heterocycles. The van der Waals surface area contributed by atoms with Crippen molar-refractivity contribution in [1.82, 2.24) is 0 Å². The molecule has 0 N–H and O–H groups in total. The Hall–Kier alpha value is -1.51. The number of nitrogens with zero attached hydrogens (tertiary/aromatic N) is 1. The van der Waals surface area contributed by atoms with Crippen LogP contribution in [0.5, 0.6) is 0 Å². The van der Waals surface area contributed by atoms with Crippen LogP contribution < -0.4 is 4.90 Å². The van der Waals surface area contributed by atoms with E-state index < -0.39 is 0 Å². The lowest BCUT2D eigenvalue weighted by atomic mass is 10.1. The van der Waals surface area contributed by atoms with Crippen molar-refractivity contribution in [3.63, 3.8) is 0 Å². The third-order valence-corrected chi connectivity index (χ3v) is 3.57. The second-order valence-corrected chi connectivity index (χ2v) is 5.06. The fourth-order valence-electron chi connectivity index (χ4n) is 1.99. The molecule has 98 valence electrons. The maximum absolute atomic E-state index is 11.1. The maximum Gasteiger partial charge on any atom is 0.152 e. The Morgan fingerprint density at radius 1 is 1.05 bits per heavy atom. The van der Waals surface area contributed by atoms with Gasteiger partial charge in [0, 0.05) is 24.2 Å². The van der Waals surface area contributed by atoms with Gasteiger partial charge in [-0.3, -0.25) is 4.79 Å². The molecule has 0 aliphatic carbocycles. The minimum Gasteiger partial charge on any atom is -0.368 e. The van der Waals surface area contributed by atoms with Gasteiger partial charge in [-0.15, -0.1) is 0 Å². The largest absolute Gasteiger partial charge is 0.368 e. The third-order valence-electron chi connectivity index (χ3n) is 2.89. The lowest BCUT2D eigenvalue weighted by Gasteiger charge is -2.22. The minimum absolute atomic E-state index is 0.555. The Morgan fingerprint density at radius 3 is 2.42 bits per heavy atom. The predicted molar refractivity (Wildman–Crippen MR) is 80.4 cm³/mol. The molecular formula is C15H13Cl2NO. The summed E-state index contributed by atoms with van der Waals surface area (Å²) in [4.78, 5) is 13.0. The Morgan fingerprint density at radius 2 is 1.74 bits per heavy atom. The number of benzene rings is 2. The molecule has 0 radical (unpaired) electrons. The average molecular weight is 294 g/mol. The van der Waals surface area contributed by atoms with Gasteiger partial charge in [0.2, 0.25) is 0 Å². The number of carbonyl (C=O) groups is 1. The van der Waals surface area contributed by atoms with Gasteiger partial charge in [-0.05, 0) is 23.8 Å². The molecule has 0 spiro atoms. The molecule has 0 heterocycles. The summed E-state index contributed by atoms with van der Waals surface area (Å²) in [6.45, 7) is 0.588. The zero-order valence-electron chi connectivity index (χ0n) is 10.4. The molecule has 2 aromatic carbocycles. The third kappa shape index (κ3) is 3.09. The fraction of sp³-hybridized carbons (Fsp3) is 0.133. The first kappa shape index (κ1) is 13.9. The molecule has 19 heavy (non-hydrogen) atoms. The van der Waals surface area contributed by atoms with E-state index in [0.717, 1.165) is 17.5 Å². The Kier molecular flexibility index (Phi) is 4.46. The van der Waals surface area contributed by atoms with Crippen molar-refractivity contribution in [3.05, 3.63) is 63.6 Å². The lowest BCUT2D eigenvalue weighted by Crippen LogP contribution is -2.18. The molecule has 2 nitrogen and oxygen atoms in total. The number of halogens is 2. The molecule has 0 aromatic heterocycles. The summed E-state index contributed by atoms with van der Waals surface area (Å²) in [6, 6.07) is 12.9. The smallest absolute Gasteiger partial charge is 0.152 e. The molecule has 0 atom stereocenters. The first-order valence-electron chi connectivity index (χ1n) is 5.81. The molecular weight excluding hydrogens is 281 g/mol. The van der Waals surface area contributed by atoms with E-state index in [-0.39, 0.29) is 0 Å². The van der Waals surface area contributed by atoms with E-state index in [1.165, 1.54) is 0 Å². The van der Waals surface area contributed by atoms with Crippen molar-refractivity contribution in [2.45, 2.75) is 6.54 Å². The van der Waals surface area contributed by atoms with Gasteiger partial charge in [-0.1, -0.05) is 47.5 Å². The van der Waals surface area contributed by atoms with Crippen LogP contribution in [0.1, 0.15) is 15.9 Å². The summed E-state index contributed by atoms with van der Waals surface area (Å²) in [6.07, 6.45) is 0.810. The second kappa shape index (κ2) is 6.09. The van der Waals surface area contributed by atoms with Gasteiger partial charge < -0.3 is 4.90 Å². The number of hydrogen-bond donors (Lipinski definition) is 0. The van der Waals surface area contributed by atoms with E-state index in [0.29, 0.717) is 22.2 Å². The highest BCUT2D eigenvalue weighted by molar-refractivity contribution is 6.34. The lowest BCUT2D eigenvalue weighted by molar-refractivity contribution is 0.112. The van der Waals surface area contributed by atoms with Gasteiger partial charge in [0.15, 0.2) is 6.29 Å². The number of carbonyl (C=O) groups excluding carboxylic acids is 1. The molecule has 0 aliphatic rings. The van der Waals surface area contributed by atoms with Crippen LogP contribution in [0.15, 0.2) is 42.5 Å². The molecule has 0 fully saturated rings. The number of rotatable bonds is 4. The molecule has 0 saturated carbocycles. The SMILES string of the molecule is CN(Cc1ccccc1Cl)c1c(Cl)cccc1C=O. The molecule has 2 aromatic rings. The van der Waals surface area contributed by atoms with E-state index in [9.17, 15) is 4.79 Å². The van der Waals surface area contributed by atoms with Crippen LogP contribution in [0.25, 0.3) is 0 Å². The topological polar surface area (TPSA) is 20.3 Å². The second-order valence-electron chi connectivity index (χ2n) is 4.24. The predicted octanol–water partition coefficient (Wildman–Crippen LogP) is 4.44. The zero-order valence-corrected chi connectivity index (χ0v) is 11.9. The quantitative estimate of drug-likeness (QED) is 0.777. The molecule has 0 aliphatic heterocycles. The van der Waals surface area contributed by atoms with Gasteiger partial charge in [-0.2, -0.15) is 0 Å². The van der Waals surface area contributed by atoms with Crippen molar-refractivity contribution in [1.29, 1.82) is 0 Å². The van der Waals surface area contributed by atoms with Crippen LogP contribution in [0, 0.1) is 0 Å². The Labute approximate surface area is 122 Å². The van der Waals surface area contributed by atoms with Crippen LogP contribution in [0.4, 0.5) is 5.69 Å². The van der Waals surface area contributed by atoms with Gasteiger partial charge >= 0.3 is 0 Å². The van der Waals surface area contributed by atoms with Crippen molar-refractivity contribution < 1.29 is 4.79 Å². The van der Waals surface area contributed by atoms with Crippen LogP contribution in [0.2, 0.25) is 10.0 Å². The van der Waals surface area contributed by atoms with E-state index in [1.54, 1.807) is 18.2 Å². The Bertz CT molecular complexity index is 598. The number of hydrogen-bond acceptors (Lipinski definition) is 2. The van der Waals surface area contributed by atoms with Crippen molar-refractivity contribution in [2.24, 2.45) is 0 Å². The first-order valence-corrected chi connectivity index (χ1v) is 6.57. The summed E-state index contributed by atoms with van der Waals surface area (Å²) < 4.78 is 0. The van der Waals surface area contributed by atoms with E-state index in [1.807, 2.05) is 36.2 Å². The number of para-hydroxylation sites is 1. The highest BCUT2D eigenvalue weighted by Gasteiger charge is 2.12. The van der Waals surface area contributed by atoms with Crippen molar-refractivity contribution >= 4 is 35.2 Å². The summed E-state index contributed by atoms with van der Waals surface area (Å²) >= 11 is 12.3. The summed E-state index contributed by atoms with van der Waals surface area (Å²) in [5.41, 5.74) is 2.28. The fourth-order valence-corrected chi connectivity index (χ4v) is 2.51. The van der Waals surface area contributed by atoms with E-state index >= 15 is 0 Å². The van der Waals surface area contributed by atoms with E-state index in [2.05, 4.69) is 0 Å². The summed E-state index contributed by atoms with van der Waals surface area (Å²) in [5.74, 6) is 0. The summed E-state index contributed by atoms with van der Waals surface area (Å²) in [5, 5.41) is 1.26. The van der Waals surface area contributed by atoms with Gasteiger partial charge in [0.1, 0.15) is 0 Å². The average Bonchev–Trinajstić information content (AvgIpc) is 2.40. The highest BCUT2D eigenvalue weighted by atomic mass is 35.5. The van der Waals surface area contributed by atoms with Gasteiger partial charge in [0.25, 0.3) is 0 Å². The number of anilines is 1.